The Morgan fingerprint density at radius 3 is 2.75 bits per heavy atom. The summed E-state index contributed by atoms with van der Waals surface area (Å²) in [4.78, 5) is 16.6. The minimum absolute atomic E-state index is 0.178. The van der Waals surface area contributed by atoms with Crippen molar-refractivity contribution < 1.29 is 4.79 Å². The number of nitrogens with zero attached hydrogens (tertiary/aromatic N) is 3. The molecule has 0 spiro atoms. The van der Waals surface area contributed by atoms with Gasteiger partial charge in [-0.1, -0.05) is 30.3 Å². The number of hydrogen-bond acceptors (Lipinski definition) is 3. The lowest BCUT2D eigenvalue weighted by molar-refractivity contribution is 0.251. The standard InChI is InChI=1S/C18H17N5O/c24-18(22-16-12-14(16)13-6-2-1-3-7-13)21-15-8-4-9-19-17(15)23-11-5-10-20-23/h1-11,14,16H,12H2,(H2,21,22,24)/t14-,16+/m0/s1. The van der Waals surface area contributed by atoms with Crippen LogP contribution in [0.1, 0.15) is 17.9 Å². The highest BCUT2D eigenvalue weighted by Gasteiger charge is 2.39. The maximum atomic E-state index is 12.3. The van der Waals surface area contributed by atoms with E-state index in [1.807, 2.05) is 30.3 Å². The molecule has 0 unspecified atom stereocenters. The van der Waals surface area contributed by atoms with Crippen LogP contribution >= 0.6 is 0 Å². The number of benzene rings is 1. The first-order valence-corrected chi connectivity index (χ1v) is 7.89. The Kier molecular flexibility index (Phi) is 3.70. The summed E-state index contributed by atoms with van der Waals surface area (Å²) in [6, 6.07) is 15.6. The van der Waals surface area contributed by atoms with Crippen molar-refractivity contribution in [2.75, 3.05) is 5.32 Å². The van der Waals surface area contributed by atoms with Gasteiger partial charge in [0.25, 0.3) is 0 Å². The van der Waals surface area contributed by atoms with Crippen molar-refractivity contribution in [3.05, 3.63) is 72.7 Å². The van der Waals surface area contributed by atoms with E-state index in [1.165, 1.54) is 5.56 Å². The van der Waals surface area contributed by atoms with Crippen LogP contribution in [0.4, 0.5) is 10.5 Å². The Balaban J connectivity index is 1.41. The number of hydrogen-bond donors (Lipinski definition) is 2. The van der Waals surface area contributed by atoms with Crippen molar-refractivity contribution in [3.8, 4) is 5.82 Å². The average Bonchev–Trinajstić information content (AvgIpc) is 3.15. The van der Waals surface area contributed by atoms with E-state index in [1.54, 1.807) is 29.3 Å². The first kappa shape index (κ1) is 14.4. The van der Waals surface area contributed by atoms with Gasteiger partial charge in [0.1, 0.15) is 0 Å². The van der Waals surface area contributed by atoms with E-state index in [2.05, 4.69) is 32.8 Å². The predicted octanol–water partition coefficient (Wildman–Crippen LogP) is 2.94. The molecular weight excluding hydrogens is 302 g/mol. The van der Waals surface area contributed by atoms with Gasteiger partial charge in [-0.3, -0.25) is 0 Å². The van der Waals surface area contributed by atoms with Crippen LogP contribution in [0.2, 0.25) is 0 Å². The fourth-order valence-electron chi connectivity index (χ4n) is 2.82. The Hall–Kier alpha value is -3.15. The maximum Gasteiger partial charge on any atom is 0.319 e. The molecule has 0 radical (unpaired) electrons. The topological polar surface area (TPSA) is 71.8 Å². The highest BCUT2D eigenvalue weighted by atomic mass is 16.2. The summed E-state index contributed by atoms with van der Waals surface area (Å²) in [6.07, 6.45) is 6.10. The number of pyridine rings is 1. The van der Waals surface area contributed by atoms with Gasteiger partial charge in [-0.15, -0.1) is 0 Å². The van der Waals surface area contributed by atoms with E-state index >= 15 is 0 Å². The first-order valence-electron chi connectivity index (χ1n) is 7.89. The monoisotopic (exact) mass is 319 g/mol. The van der Waals surface area contributed by atoms with Crippen LogP contribution in [-0.2, 0) is 0 Å². The Morgan fingerprint density at radius 1 is 1.08 bits per heavy atom. The van der Waals surface area contributed by atoms with Crippen LogP contribution in [0.25, 0.3) is 5.82 Å². The second-order valence-corrected chi connectivity index (χ2v) is 5.78. The van der Waals surface area contributed by atoms with Gasteiger partial charge in [-0.25, -0.2) is 14.5 Å². The molecule has 1 aliphatic carbocycles. The third-order valence-corrected chi connectivity index (χ3v) is 4.09. The second kappa shape index (κ2) is 6.16. The van der Waals surface area contributed by atoms with Gasteiger partial charge >= 0.3 is 6.03 Å². The SMILES string of the molecule is O=C(Nc1cccnc1-n1cccn1)N[C@@H]1C[C@H]1c1ccccc1. The first-order chi connectivity index (χ1) is 11.8. The molecule has 0 saturated heterocycles. The van der Waals surface area contributed by atoms with Gasteiger partial charge in [0.15, 0.2) is 5.82 Å². The summed E-state index contributed by atoms with van der Waals surface area (Å²) < 4.78 is 1.62. The van der Waals surface area contributed by atoms with Crippen molar-refractivity contribution in [2.45, 2.75) is 18.4 Å². The minimum atomic E-state index is -0.222. The van der Waals surface area contributed by atoms with Gasteiger partial charge < -0.3 is 10.6 Å². The summed E-state index contributed by atoms with van der Waals surface area (Å²) in [5, 5.41) is 10.0. The summed E-state index contributed by atoms with van der Waals surface area (Å²) >= 11 is 0. The van der Waals surface area contributed by atoms with Gasteiger partial charge in [-0.05, 0) is 30.2 Å². The molecule has 6 nitrogen and oxygen atoms in total. The van der Waals surface area contributed by atoms with Crippen molar-refractivity contribution in [1.82, 2.24) is 20.1 Å². The summed E-state index contributed by atoms with van der Waals surface area (Å²) in [6.45, 7) is 0. The van der Waals surface area contributed by atoms with E-state index in [0.29, 0.717) is 17.4 Å². The smallest absolute Gasteiger partial charge is 0.319 e. The normalized spacial score (nSPS) is 18.8. The number of aromatic nitrogens is 3. The van der Waals surface area contributed by atoms with Crippen molar-refractivity contribution in [1.29, 1.82) is 0 Å². The number of anilines is 1. The molecule has 2 amide bonds. The van der Waals surface area contributed by atoms with E-state index in [0.717, 1.165) is 6.42 Å². The van der Waals surface area contributed by atoms with E-state index in [-0.39, 0.29) is 12.1 Å². The number of amides is 2. The van der Waals surface area contributed by atoms with Gasteiger partial charge in [0, 0.05) is 30.6 Å². The molecule has 1 fully saturated rings. The number of carbonyl (C=O) groups is 1. The van der Waals surface area contributed by atoms with Gasteiger partial charge in [0.2, 0.25) is 0 Å². The van der Waals surface area contributed by atoms with E-state index in [4.69, 9.17) is 0 Å². The molecule has 120 valence electrons. The molecule has 24 heavy (non-hydrogen) atoms. The summed E-state index contributed by atoms with van der Waals surface area (Å²) in [5.74, 6) is 0.990. The van der Waals surface area contributed by atoms with Crippen LogP contribution in [0.5, 0.6) is 0 Å². The molecule has 2 aromatic heterocycles. The fourth-order valence-corrected chi connectivity index (χ4v) is 2.82. The molecule has 4 rings (SSSR count). The van der Waals surface area contributed by atoms with Crippen molar-refractivity contribution in [2.24, 2.45) is 0 Å². The molecule has 6 heteroatoms. The fraction of sp³-hybridized carbons (Fsp3) is 0.167. The van der Waals surface area contributed by atoms with Crippen LogP contribution in [0, 0.1) is 0 Å². The van der Waals surface area contributed by atoms with E-state index in [9.17, 15) is 4.79 Å². The molecule has 2 heterocycles. The van der Waals surface area contributed by atoms with Crippen molar-refractivity contribution in [3.63, 3.8) is 0 Å². The molecule has 1 aliphatic rings. The van der Waals surface area contributed by atoms with Crippen LogP contribution in [-0.4, -0.2) is 26.8 Å². The Bertz CT molecular complexity index is 832. The van der Waals surface area contributed by atoms with Gasteiger partial charge in [-0.2, -0.15) is 5.10 Å². The molecule has 2 atom stereocenters. The minimum Gasteiger partial charge on any atom is -0.334 e. The second-order valence-electron chi connectivity index (χ2n) is 5.78. The van der Waals surface area contributed by atoms with Crippen LogP contribution in [0.15, 0.2) is 67.1 Å². The highest BCUT2D eigenvalue weighted by Crippen LogP contribution is 2.40. The lowest BCUT2D eigenvalue weighted by atomic mass is 10.1. The predicted molar refractivity (Wildman–Crippen MR) is 91.1 cm³/mol. The van der Waals surface area contributed by atoms with Crippen LogP contribution in [0.3, 0.4) is 0 Å². The average molecular weight is 319 g/mol. The molecule has 2 N–H and O–H groups in total. The molecule has 0 aliphatic heterocycles. The maximum absolute atomic E-state index is 12.3. The zero-order valence-electron chi connectivity index (χ0n) is 13.0. The lowest BCUT2D eigenvalue weighted by Gasteiger charge is -2.11. The summed E-state index contributed by atoms with van der Waals surface area (Å²) in [5.41, 5.74) is 1.89. The molecular formula is C18H17N5O. The van der Waals surface area contributed by atoms with Crippen molar-refractivity contribution >= 4 is 11.7 Å². The van der Waals surface area contributed by atoms with Gasteiger partial charge in [0.05, 0.1) is 5.69 Å². The quantitative estimate of drug-likeness (QED) is 0.776. The number of carbonyl (C=O) groups excluding carboxylic acids is 1. The third-order valence-electron chi connectivity index (χ3n) is 4.09. The molecule has 3 aromatic rings. The Labute approximate surface area is 139 Å². The zero-order valence-corrected chi connectivity index (χ0v) is 13.0. The van der Waals surface area contributed by atoms with E-state index < -0.39 is 0 Å². The molecule has 1 saturated carbocycles. The van der Waals surface area contributed by atoms with Crippen LogP contribution < -0.4 is 10.6 Å². The molecule has 0 bridgehead atoms. The highest BCUT2D eigenvalue weighted by molar-refractivity contribution is 5.91. The number of rotatable bonds is 4. The largest absolute Gasteiger partial charge is 0.334 e. The Morgan fingerprint density at radius 2 is 1.96 bits per heavy atom. The zero-order chi connectivity index (χ0) is 16.4. The number of nitrogens with one attached hydrogen (secondary N) is 2. The molecule has 1 aromatic carbocycles. The summed E-state index contributed by atoms with van der Waals surface area (Å²) in [7, 11) is 0. The third kappa shape index (κ3) is 2.99. The number of urea groups is 1. The lowest BCUT2D eigenvalue weighted by Crippen LogP contribution is -2.31.